The molecule has 1 unspecified atom stereocenters. The van der Waals surface area contributed by atoms with Crippen LogP contribution in [0.15, 0.2) is 0 Å². The summed E-state index contributed by atoms with van der Waals surface area (Å²) in [5.74, 6) is 0.546. The minimum atomic E-state index is -1.30. The molecule has 0 saturated heterocycles. The maximum absolute atomic E-state index is 5.51. The molecular weight excluding hydrogens is 151 g/mol. The van der Waals surface area contributed by atoms with Crippen molar-refractivity contribution < 1.29 is 4.43 Å². The van der Waals surface area contributed by atoms with Crippen molar-refractivity contribution in [3.63, 3.8) is 0 Å². The van der Waals surface area contributed by atoms with Gasteiger partial charge in [0.15, 0.2) is 0 Å². The first-order valence-electron chi connectivity index (χ1n) is 2.09. The van der Waals surface area contributed by atoms with E-state index in [9.17, 15) is 0 Å². The first kappa shape index (κ1) is 7.76. The molecule has 0 amide bonds. The lowest BCUT2D eigenvalue weighted by Gasteiger charge is -1.98. The van der Waals surface area contributed by atoms with E-state index in [1.54, 1.807) is 0 Å². The summed E-state index contributed by atoms with van der Waals surface area (Å²) < 4.78 is 4.96. The van der Waals surface area contributed by atoms with Crippen LogP contribution in [0.3, 0.4) is 0 Å². The third-order valence-corrected chi connectivity index (χ3v) is 1.65. The van der Waals surface area contributed by atoms with E-state index in [2.05, 4.69) is 0 Å². The average Bonchev–Trinajstić information content (AvgIpc) is 1.61. The van der Waals surface area contributed by atoms with Crippen molar-refractivity contribution in [1.29, 1.82) is 0 Å². The average molecular weight is 159 g/mol. The van der Waals surface area contributed by atoms with Gasteiger partial charge in [0.1, 0.15) is 0 Å². The highest BCUT2D eigenvalue weighted by Gasteiger charge is 1.94. The van der Waals surface area contributed by atoms with E-state index in [4.69, 9.17) is 27.1 Å². The zero-order valence-electron chi connectivity index (χ0n) is 4.16. The van der Waals surface area contributed by atoms with Crippen LogP contribution in [0.1, 0.15) is 0 Å². The van der Waals surface area contributed by atoms with Crippen LogP contribution in [0.25, 0.3) is 0 Å². The largest absolute Gasteiger partial charge is 0.404 e. The second-order valence-corrected chi connectivity index (χ2v) is 4.74. The fourth-order valence-corrected chi connectivity index (χ4v) is 1.16. The van der Waals surface area contributed by atoms with E-state index in [1.165, 1.54) is 0 Å². The lowest BCUT2D eigenvalue weighted by molar-refractivity contribution is 0.361. The van der Waals surface area contributed by atoms with Crippen molar-refractivity contribution in [1.82, 2.24) is 0 Å². The van der Waals surface area contributed by atoms with Crippen LogP contribution < -0.4 is 0 Å². The molecule has 0 bridgehead atoms. The molecule has 0 fully saturated rings. The molecule has 0 aliphatic heterocycles. The minimum absolute atomic E-state index is 0.546. The molecule has 0 aromatic carbocycles. The molecule has 0 N–H and O–H groups in total. The van der Waals surface area contributed by atoms with Gasteiger partial charge >= 0.3 is 0 Å². The van der Waals surface area contributed by atoms with Crippen molar-refractivity contribution in [2.45, 2.75) is 6.55 Å². The van der Waals surface area contributed by atoms with Crippen LogP contribution in [0.4, 0.5) is 0 Å². The summed E-state index contributed by atoms with van der Waals surface area (Å²) in [4.78, 5) is 0. The van der Waals surface area contributed by atoms with Crippen molar-refractivity contribution in [3.8, 4) is 0 Å². The van der Waals surface area contributed by atoms with Gasteiger partial charge in [0.25, 0.3) is 8.35 Å². The molecule has 0 radical (unpaired) electrons. The Morgan fingerprint density at radius 1 is 1.71 bits per heavy atom. The molecular formula is C3H8Cl2OSi. The molecule has 0 aliphatic rings. The third kappa shape index (κ3) is 6.76. The molecule has 0 aromatic rings. The predicted molar refractivity (Wildman–Crippen MR) is 35.5 cm³/mol. The van der Waals surface area contributed by atoms with Gasteiger partial charge in [-0.1, -0.05) is 0 Å². The van der Waals surface area contributed by atoms with E-state index >= 15 is 0 Å². The summed E-state index contributed by atoms with van der Waals surface area (Å²) in [6.45, 7) is 2.49. The number of hydrogen-bond acceptors (Lipinski definition) is 1. The van der Waals surface area contributed by atoms with Crippen molar-refractivity contribution in [2.75, 3.05) is 12.5 Å². The Labute approximate surface area is 55.0 Å². The van der Waals surface area contributed by atoms with Crippen molar-refractivity contribution in [2.24, 2.45) is 0 Å². The SMILES string of the molecule is C[SiH](Cl)OCCCl. The topological polar surface area (TPSA) is 9.23 Å². The van der Waals surface area contributed by atoms with Gasteiger partial charge in [-0.05, 0) is 6.55 Å². The molecule has 7 heavy (non-hydrogen) atoms. The summed E-state index contributed by atoms with van der Waals surface area (Å²) in [5.41, 5.74) is 0. The lowest BCUT2D eigenvalue weighted by atomic mass is 10.9. The second-order valence-electron chi connectivity index (χ2n) is 1.10. The summed E-state index contributed by atoms with van der Waals surface area (Å²) >= 11 is 10.8. The maximum Gasteiger partial charge on any atom is 0.271 e. The van der Waals surface area contributed by atoms with Crippen LogP contribution in [0.5, 0.6) is 0 Å². The van der Waals surface area contributed by atoms with E-state index in [0.29, 0.717) is 12.5 Å². The van der Waals surface area contributed by atoms with Crippen LogP contribution in [-0.4, -0.2) is 20.8 Å². The smallest absolute Gasteiger partial charge is 0.271 e. The van der Waals surface area contributed by atoms with Crippen LogP contribution >= 0.6 is 22.7 Å². The number of halogens is 2. The Bertz CT molecular complexity index is 41.9. The molecule has 1 atom stereocenters. The molecule has 4 heteroatoms. The Kier molecular flexibility index (Phi) is 5.44. The predicted octanol–water partition coefficient (Wildman–Crippen LogP) is 1.33. The second kappa shape index (κ2) is 4.90. The highest BCUT2D eigenvalue weighted by Crippen LogP contribution is 1.89. The number of hydrogen-bond donors (Lipinski definition) is 0. The molecule has 0 rings (SSSR count). The Morgan fingerprint density at radius 2 is 2.29 bits per heavy atom. The molecule has 0 aromatic heterocycles. The van der Waals surface area contributed by atoms with Gasteiger partial charge in [0.2, 0.25) is 0 Å². The van der Waals surface area contributed by atoms with E-state index < -0.39 is 8.35 Å². The van der Waals surface area contributed by atoms with E-state index in [0.717, 1.165) is 0 Å². The lowest BCUT2D eigenvalue weighted by Crippen LogP contribution is -2.06. The zero-order valence-corrected chi connectivity index (χ0v) is 6.82. The quantitative estimate of drug-likeness (QED) is 0.343. The summed E-state index contributed by atoms with van der Waals surface area (Å²) in [6, 6.07) is 0. The Hall–Kier alpha value is 0.757. The van der Waals surface area contributed by atoms with E-state index in [1.807, 2.05) is 6.55 Å². The van der Waals surface area contributed by atoms with Gasteiger partial charge in [-0.2, -0.15) is 0 Å². The minimum Gasteiger partial charge on any atom is -0.404 e. The first-order valence-corrected chi connectivity index (χ1v) is 5.99. The standard InChI is InChI=1S/C3H8Cl2OSi/c1-7(5)6-3-2-4/h7H,2-3H2,1H3. The first-order chi connectivity index (χ1) is 3.27. The number of rotatable bonds is 3. The normalized spacial score (nSPS) is 14.1. The number of alkyl halides is 1. The van der Waals surface area contributed by atoms with Crippen molar-refractivity contribution in [3.05, 3.63) is 0 Å². The summed E-state index contributed by atoms with van der Waals surface area (Å²) in [6.07, 6.45) is 0. The molecule has 0 aliphatic carbocycles. The van der Waals surface area contributed by atoms with Gasteiger partial charge in [-0.3, -0.25) is 0 Å². The Balaban J connectivity index is 2.68. The summed E-state index contributed by atoms with van der Waals surface area (Å²) in [7, 11) is -1.30. The van der Waals surface area contributed by atoms with Gasteiger partial charge < -0.3 is 4.43 Å². The zero-order chi connectivity index (χ0) is 5.70. The highest BCUT2D eigenvalue weighted by atomic mass is 35.6. The molecule has 0 heterocycles. The van der Waals surface area contributed by atoms with Gasteiger partial charge in [-0.15, -0.1) is 22.7 Å². The van der Waals surface area contributed by atoms with Gasteiger partial charge in [-0.25, -0.2) is 0 Å². The highest BCUT2D eigenvalue weighted by molar-refractivity contribution is 7.02. The van der Waals surface area contributed by atoms with Gasteiger partial charge in [0.05, 0.1) is 0 Å². The Morgan fingerprint density at radius 3 is 2.43 bits per heavy atom. The van der Waals surface area contributed by atoms with Crippen LogP contribution in [-0.2, 0) is 4.43 Å². The summed E-state index contributed by atoms with van der Waals surface area (Å²) in [5, 5.41) is 0. The monoisotopic (exact) mass is 158 g/mol. The molecule has 1 nitrogen and oxygen atoms in total. The fourth-order valence-electron chi connectivity index (χ4n) is 0.207. The third-order valence-electron chi connectivity index (χ3n) is 0.425. The fraction of sp³-hybridized carbons (Fsp3) is 1.00. The maximum atomic E-state index is 5.51. The van der Waals surface area contributed by atoms with Crippen molar-refractivity contribution >= 4 is 31.0 Å². The van der Waals surface area contributed by atoms with Gasteiger partial charge in [0, 0.05) is 12.5 Å². The molecule has 44 valence electrons. The molecule has 0 spiro atoms. The van der Waals surface area contributed by atoms with Crippen LogP contribution in [0.2, 0.25) is 6.55 Å². The van der Waals surface area contributed by atoms with E-state index in [-0.39, 0.29) is 0 Å². The van der Waals surface area contributed by atoms with Crippen LogP contribution in [0, 0.1) is 0 Å². The molecule has 0 saturated carbocycles.